The smallest absolute Gasteiger partial charge is 0.0789 e. The van der Waals surface area contributed by atoms with Crippen molar-refractivity contribution in [3.63, 3.8) is 0 Å². The summed E-state index contributed by atoms with van der Waals surface area (Å²) in [5.41, 5.74) is -0.709. The van der Waals surface area contributed by atoms with Crippen LogP contribution in [0.2, 0.25) is 0 Å². The first-order chi connectivity index (χ1) is 5.66. The molecular formula is C9H16N2O. The van der Waals surface area contributed by atoms with Crippen LogP contribution in [0.5, 0.6) is 0 Å². The highest BCUT2D eigenvalue weighted by Crippen LogP contribution is 2.24. The molecule has 1 aliphatic heterocycles. The molecule has 1 N–H and O–H groups in total. The zero-order valence-electron chi connectivity index (χ0n) is 7.58. The molecule has 0 aliphatic carbocycles. The molecule has 68 valence electrons. The van der Waals surface area contributed by atoms with E-state index in [9.17, 15) is 5.11 Å². The number of nitriles is 1. The number of rotatable bonds is 1. The van der Waals surface area contributed by atoms with Crippen LogP contribution in [0.4, 0.5) is 0 Å². The number of aliphatic hydroxyl groups is 1. The minimum absolute atomic E-state index is 0.279. The maximum Gasteiger partial charge on any atom is 0.0789 e. The predicted octanol–water partition coefficient (Wildman–Crippen LogP) is 0.747. The molecule has 1 fully saturated rings. The zero-order valence-corrected chi connectivity index (χ0v) is 7.58. The zero-order chi connectivity index (χ0) is 9.03. The highest BCUT2D eigenvalue weighted by atomic mass is 16.3. The summed E-state index contributed by atoms with van der Waals surface area (Å²) in [4.78, 5) is 2.20. The average molecular weight is 168 g/mol. The monoisotopic (exact) mass is 168 g/mol. The van der Waals surface area contributed by atoms with E-state index >= 15 is 0 Å². The molecule has 0 spiro atoms. The summed E-state index contributed by atoms with van der Waals surface area (Å²) in [6, 6.07) is 2.05. The van der Waals surface area contributed by atoms with Gasteiger partial charge < -0.3 is 10.0 Å². The standard InChI is InChI=1S/C9H16N2O/c1-11-7-2-3-9(12,4-6-10)5-8-11/h12H,2-5,7-8H2,1H3. The molecule has 0 saturated carbocycles. The van der Waals surface area contributed by atoms with E-state index in [1.807, 2.05) is 0 Å². The van der Waals surface area contributed by atoms with Gasteiger partial charge in [0.15, 0.2) is 0 Å². The Bertz CT molecular complexity index is 187. The van der Waals surface area contributed by atoms with Gasteiger partial charge in [-0.15, -0.1) is 0 Å². The molecule has 0 aromatic carbocycles. The summed E-state index contributed by atoms with van der Waals surface area (Å²) in [6.07, 6.45) is 2.78. The van der Waals surface area contributed by atoms with Crippen molar-refractivity contribution in [3.8, 4) is 6.07 Å². The van der Waals surface area contributed by atoms with E-state index in [-0.39, 0.29) is 6.42 Å². The second kappa shape index (κ2) is 3.88. The molecule has 1 unspecified atom stereocenters. The van der Waals surface area contributed by atoms with Crippen molar-refractivity contribution in [3.05, 3.63) is 0 Å². The van der Waals surface area contributed by atoms with Crippen LogP contribution in [-0.2, 0) is 0 Å². The molecule has 12 heavy (non-hydrogen) atoms. The van der Waals surface area contributed by atoms with Crippen molar-refractivity contribution < 1.29 is 5.11 Å². The van der Waals surface area contributed by atoms with Gasteiger partial charge in [-0.2, -0.15) is 5.26 Å². The van der Waals surface area contributed by atoms with Gasteiger partial charge in [-0.1, -0.05) is 0 Å². The van der Waals surface area contributed by atoms with Crippen molar-refractivity contribution in [2.75, 3.05) is 20.1 Å². The van der Waals surface area contributed by atoms with Gasteiger partial charge in [0.05, 0.1) is 18.1 Å². The molecule has 0 bridgehead atoms. The molecule has 1 saturated heterocycles. The van der Waals surface area contributed by atoms with Crippen LogP contribution >= 0.6 is 0 Å². The van der Waals surface area contributed by atoms with Gasteiger partial charge in [-0.05, 0) is 32.9 Å². The molecule has 0 amide bonds. The second-order valence-electron chi connectivity index (χ2n) is 3.72. The summed E-state index contributed by atoms with van der Waals surface area (Å²) >= 11 is 0. The highest BCUT2D eigenvalue weighted by Gasteiger charge is 2.28. The lowest BCUT2D eigenvalue weighted by molar-refractivity contribution is 0.0306. The molecule has 3 nitrogen and oxygen atoms in total. The first-order valence-corrected chi connectivity index (χ1v) is 4.44. The van der Waals surface area contributed by atoms with E-state index in [1.54, 1.807) is 0 Å². The average Bonchev–Trinajstić information content (AvgIpc) is 2.15. The van der Waals surface area contributed by atoms with Crippen LogP contribution in [0.3, 0.4) is 0 Å². The van der Waals surface area contributed by atoms with Crippen molar-refractivity contribution in [1.29, 1.82) is 5.26 Å². The van der Waals surface area contributed by atoms with Crippen LogP contribution < -0.4 is 0 Å². The van der Waals surface area contributed by atoms with Crippen LogP contribution in [0.1, 0.15) is 25.7 Å². The van der Waals surface area contributed by atoms with Gasteiger partial charge in [-0.3, -0.25) is 0 Å². The molecule has 0 aromatic heterocycles. The Morgan fingerprint density at radius 2 is 2.25 bits per heavy atom. The number of likely N-dealkylation sites (tertiary alicyclic amines) is 1. The van der Waals surface area contributed by atoms with E-state index in [2.05, 4.69) is 18.0 Å². The maximum atomic E-state index is 9.92. The van der Waals surface area contributed by atoms with Gasteiger partial charge in [0.25, 0.3) is 0 Å². The Morgan fingerprint density at radius 3 is 2.92 bits per heavy atom. The molecule has 1 atom stereocenters. The minimum atomic E-state index is -0.709. The third kappa shape index (κ3) is 2.47. The van der Waals surface area contributed by atoms with Crippen LogP contribution in [-0.4, -0.2) is 35.7 Å². The van der Waals surface area contributed by atoms with Crippen molar-refractivity contribution >= 4 is 0 Å². The molecule has 3 heteroatoms. The summed E-state index contributed by atoms with van der Waals surface area (Å²) < 4.78 is 0. The number of nitrogens with zero attached hydrogens (tertiary/aromatic N) is 2. The van der Waals surface area contributed by atoms with Gasteiger partial charge in [0.1, 0.15) is 0 Å². The van der Waals surface area contributed by atoms with Crippen molar-refractivity contribution in [2.24, 2.45) is 0 Å². The highest BCUT2D eigenvalue weighted by molar-refractivity contribution is 4.90. The largest absolute Gasteiger partial charge is 0.389 e. The van der Waals surface area contributed by atoms with Gasteiger partial charge in [0.2, 0.25) is 0 Å². The molecular weight excluding hydrogens is 152 g/mol. The van der Waals surface area contributed by atoms with Gasteiger partial charge in [-0.25, -0.2) is 0 Å². The molecule has 0 radical (unpaired) electrons. The molecule has 1 rings (SSSR count). The fraction of sp³-hybridized carbons (Fsp3) is 0.889. The van der Waals surface area contributed by atoms with Crippen LogP contribution in [0.25, 0.3) is 0 Å². The lowest BCUT2D eigenvalue weighted by Crippen LogP contribution is -2.29. The first kappa shape index (κ1) is 9.50. The Balaban J connectivity index is 2.50. The Hall–Kier alpha value is -0.590. The second-order valence-corrected chi connectivity index (χ2v) is 3.72. The summed E-state index contributed by atoms with van der Waals surface area (Å²) in [5.74, 6) is 0. The van der Waals surface area contributed by atoms with Crippen LogP contribution in [0.15, 0.2) is 0 Å². The van der Waals surface area contributed by atoms with E-state index < -0.39 is 5.60 Å². The summed E-state index contributed by atoms with van der Waals surface area (Å²) in [5, 5.41) is 18.4. The number of hydrogen-bond donors (Lipinski definition) is 1. The lowest BCUT2D eigenvalue weighted by Gasteiger charge is -2.22. The molecule has 0 aromatic rings. The summed E-state index contributed by atoms with van der Waals surface area (Å²) in [6.45, 7) is 1.94. The van der Waals surface area contributed by atoms with E-state index in [1.165, 1.54) is 0 Å². The third-order valence-corrected chi connectivity index (χ3v) is 2.55. The van der Waals surface area contributed by atoms with E-state index in [4.69, 9.17) is 5.26 Å². The number of hydrogen-bond acceptors (Lipinski definition) is 3. The maximum absolute atomic E-state index is 9.92. The minimum Gasteiger partial charge on any atom is -0.389 e. The van der Waals surface area contributed by atoms with Gasteiger partial charge in [0, 0.05) is 6.54 Å². The topological polar surface area (TPSA) is 47.3 Å². The van der Waals surface area contributed by atoms with Crippen LogP contribution in [0, 0.1) is 11.3 Å². The Labute approximate surface area is 73.6 Å². The Kier molecular flexibility index (Phi) is 3.07. The predicted molar refractivity (Wildman–Crippen MR) is 46.5 cm³/mol. The Morgan fingerprint density at radius 1 is 1.50 bits per heavy atom. The quantitative estimate of drug-likeness (QED) is 0.628. The SMILES string of the molecule is CN1CCCC(O)(CC#N)CC1. The van der Waals surface area contributed by atoms with E-state index in [0.717, 1.165) is 32.4 Å². The van der Waals surface area contributed by atoms with E-state index in [0.29, 0.717) is 0 Å². The van der Waals surface area contributed by atoms with Crippen molar-refractivity contribution in [2.45, 2.75) is 31.3 Å². The van der Waals surface area contributed by atoms with Gasteiger partial charge >= 0.3 is 0 Å². The molecule has 1 heterocycles. The normalized spacial score (nSPS) is 32.4. The summed E-state index contributed by atoms with van der Waals surface area (Å²) in [7, 11) is 2.05. The fourth-order valence-corrected chi connectivity index (χ4v) is 1.64. The van der Waals surface area contributed by atoms with Crippen molar-refractivity contribution in [1.82, 2.24) is 4.90 Å². The molecule has 1 aliphatic rings. The first-order valence-electron chi connectivity index (χ1n) is 4.44. The third-order valence-electron chi connectivity index (χ3n) is 2.55. The fourth-order valence-electron chi connectivity index (χ4n) is 1.64. The lowest BCUT2D eigenvalue weighted by atomic mass is 9.92.